The second kappa shape index (κ2) is 5.96. The third kappa shape index (κ3) is 2.88. The number of aromatic amines is 1. The SMILES string of the molecule is CC(C)C1CCCCC1NCc1nc2ccccc2[nH]1. The molecular formula is C17H25N3. The standard InChI is InChI=1S/C17H25N3/c1-12(2)13-7-3-4-8-14(13)18-11-17-19-15-9-5-6-10-16(15)20-17/h5-6,9-10,12-14,18H,3-4,7-8,11H2,1-2H3,(H,19,20). The Bertz CT molecular complexity index is 525. The van der Waals surface area contributed by atoms with E-state index in [2.05, 4.69) is 41.3 Å². The third-order valence-corrected chi connectivity index (χ3v) is 4.65. The molecule has 2 N–H and O–H groups in total. The van der Waals surface area contributed by atoms with Crippen LogP contribution >= 0.6 is 0 Å². The highest BCUT2D eigenvalue weighted by Gasteiger charge is 2.27. The first-order chi connectivity index (χ1) is 9.74. The zero-order valence-electron chi connectivity index (χ0n) is 12.5. The number of aromatic nitrogens is 2. The molecule has 0 radical (unpaired) electrons. The maximum atomic E-state index is 4.65. The van der Waals surface area contributed by atoms with Crippen molar-refractivity contribution in [3.05, 3.63) is 30.1 Å². The van der Waals surface area contributed by atoms with E-state index in [9.17, 15) is 0 Å². The first-order valence-electron chi connectivity index (χ1n) is 7.91. The summed E-state index contributed by atoms with van der Waals surface area (Å²) in [5.41, 5.74) is 2.20. The summed E-state index contributed by atoms with van der Waals surface area (Å²) in [4.78, 5) is 8.05. The molecule has 1 aromatic carbocycles. The number of fused-ring (bicyclic) bond motifs is 1. The van der Waals surface area contributed by atoms with Crippen molar-refractivity contribution in [2.24, 2.45) is 11.8 Å². The zero-order chi connectivity index (χ0) is 13.9. The van der Waals surface area contributed by atoms with Gasteiger partial charge in [0.25, 0.3) is 0 Å². The van der Waals surface area contributed by atoms with E-state index >= 15 is 0 Å². The predicted octanol–water partition coefficient (Wildman–Crippen LogP) is 3.87. The van der Waals surface area contributed by atoms with Gasteiger partial charge in [-0.05, 0) is 36.8 Å². The Morgan fingerprint density at radius 3 is 2.85 bits per heavy atom. The Hall–Kier alpha value is -1.35. The quantitative estimate of drug-likeness (QED) is 0.886. The predicted molar refractivity (Wildman–Crippen MR) is 83.5 cm³/mol. The summed E-state index contributed by atoms with van der Waals surface area (Å²) < 4.78 is 0. The second-order valence-electron chi connectivity index (χ2n) is 6.38. The van der Waals surface area contributed by atoms with Crippen LogP contribution in [0.2, 0.25) is 0 Å². The molecule has 108 valence electrons. The largest absolute Gasteiger partial charge is 0.341 e. The van der Waals surface area contributed by atoms with Crippen LogP contribution in [0.15, 0.2) is 24.3 Å². The molecule has 1 saturated carbocycles. The number of nitrogens with one attached hydrogen (secondary N) is 2. The van der Waals surface area contributed by atoms with Crippen LogP contribution in [-0.4, -0.2) is 16.0 Å². The molecular weight excluding hydrogens is 246 g/mol. The fourth-order valence-corrected chi connectivity index (χ4v) is 3.53. The lowest BCUT2D eigenvalue weighted by Gasteiger charge is -2.34. The van der Waals surface area contributed by atoms with Crippen molar-refractivity contribution in [1.82, 2.24) is 15.3 Å². The lowest BCUT2D eigenvalue weighted by Crippen LogP contribution is -2.40. The number of nitrogens with zero attached hydrogens (tertiary/aromatic N) is 1. The molecule has 3 heteroatoms. The van der Waals surface area contributed by atoms with Crippen LogP contribution in [0.4, 0.5) is 0 Å². The first kappa shape index (κ1) is 13.6. The molecule has 0 spiro atoms. The van der Waals surface area contributed by atoms with E-state index in [1.807, 2.05) is 12.1 Å². The molecule has 0 saturated heterocycles. The van der Waals surface area contributed by atoms with Crippen molar-refractivity contribution in [3.8, 4) is 0 Å². The Labute approximate surface area is 121 Å². The summed E-state index contributed by atoms with van der Waals surface area (Å²) in [5.74, 6) is 2.64. The number of benzene rings is 1. The summed E-state index contributed by atoms with van der Waals surface area (Å²) in [6.45, 7) is 5.56. The van der Waals surface area contributed by atoms with E-state index in [-0.39, 0.29) is 0 Å². The molecule has 1 aromatic heterocycles. The van der Waals surface area contributed by atoms with Crippen molar-refractivity contribution < 1.29 is 0 Å². The molecule has 0 bridgehead atoms. The Morgan fingerprint density at radius 1 is 1.25 bits per heavy atom. The number of hydrogen-bond donors (Lipinski definition) is 2. The van der Waals surface area contributed by atoms with Gasteiger partial charge in [-0.1, -0.05) is 38.8 Å². The van der Waals surface area contributed by atoms with Crippen molar-refractivity contribution in [2.45, 2.75) is 52.1 Å². The van der Waals surface area contributed by atoms with E-state index in [1.54, 1.807) is 0 Å². The molecule has 2 aromatic rings. The lowest BCUT2D eigenvalue weighted by atomic mass is 9.78. The lowest BCUT2D eigenvalue weighted by molar-refractivity contribution is 0.204. The van der Waals surface area contributed by atoms with Crippen LogP contribution in [0.1, 0.15) is 45.4 Å². The average molecular weight is 271 g/mol. The maximum Gasteiger partial charge on any atom is 0.121 e. The summed E-state index contributed by atoms with van der Waals surface area (Å²) in [7, 11) is 0. The van der Waals surface area contributed by atoms with E-state index in [1.165, 1.54) is 25.7 Å². The van der Waals surface area contributed by atoms with Crippen LogP contribution in [-0.2, 0) is 6.54 Å². The highest BCUT2D eigenvalue weighted by atomic mass is 15.0. The van der Waals surface area contributed by atoms with E-state index in [0.29, 0.717) is 6.04 Å². The molecule has 3 nitrogen and oxygen atoms in total. The minimum absolute atomic E-state index is 0.650. The van der Waals surface area contributed by atoms with Crippen molar-refractivity contribution in [3.63, 3.8) is 0 Å². The maximum absolute atomic E-state index is 4.65. The first-order valence-corrected chi connectivity index (χ1v) is 7.91. The van der Waals surface area contributed by atoms with Crippen LogP contribution < -0.4 is 5.32 Å². The number of hydrogen-bond acceptors (Lipinski definition) is 2. The Balaban J connectivity index is 1.65. The van der Waals surface area contributed by atoms with Gasteiger partial charge in [-0.25, -0.2) is 4.98 Å². The molecule has 1 heterocycles. The second-order valence-corrected chi connectivity index (χ2v) is 6.38. The number of para-hydroxylation sites is 2. The van der Waals surface area contributed by atoms with Gasteiger partial charge in [-0.3, -0.25) is 0 Å². The molecule has 20 heavy (non-hydrogen) atoms. The summed E-state index contributed by atoms with van der Waals surface area (Å²) >= 11 is 0. The number of H-pyrrole nitrogens is 1. The van der Waals surface area contributed by atoms with Gasteiger partial charge in [0, 0.05) is 6.04 Å². The van der Waals surface area contributed by atoms with E-state index in [4.69, 9.17) is 0 Å². The van der Waals surface area contributed by atoms with Gasteiger partial charge in [0.15, 0.2) is 0 Å². The van der Waals surface area contributed by atoms with Crippen molar-refractivity contribution >= 4 is 11.0 Å². The van der Waals surface area contributed by atoms with Crippen LogP contribution in [0.5, 0.6) is 0 Å². The minimum Gasteiger partial charge on any atom is -0.341 e. The molecule has 2 unspecified atom stereocenters. The van der Waals surface area contributed by atoms with Gasteiger partial charge in [0.1, 0.15) is 5.82 Å². The van der Waals surface area contributed by atoms with Gasteiger partial charge >= 0.3 is 0 Å². The minimum atomic E-state index is 0.650. The van der Waals surface area contributed by atoms with E-state index < -0.39 is 0 Å². The van der Waals surface area contributed by atoms with Crippen molar-refractivity contribution in [2.75, 3.05) is 0 Å². The van der Waals surface area contributed by atoms with Crippen LogP contribution in [0.3, 0.4) is 0 Å². The molecule has 0 amide bonds. The number of imidazole rings is 1. The molecule has 1 aliphatic carbocycles. The van der Waals surface area contributed by atoms with Gasteiger partial charge in [0.2, 0.25) is 0 Å². The average Bonchev–Trinajstić information content (AvgIpc) is 2.88. The summed E-state index contributed by atoms with van der Waals surface area (Å²) in [6.07, 6.45) is 5.44. The van der Waals surface area contributed by atoms with Gasteiger partial charge in [-0.2, -0.15) is 0 Å². The fraction of sp³-hybridized carbons (Fsp3) is 0.588. The van der Waals surface area contributed by atoms with Crippen LogP contribution in [0, 0.1) is 11.8 Å². The smallest absolute Gasteiger partial charge is 0.121 e. The zero-order valence-corrected chi connectivity index (χ0v) is 12.5. The third-order valence-electron chi connectivity index (χ3n) is 4.65. The van der Waals surface area contributed by atoms with Gasteiger partial charge < -0.3 is 10.3 Å². The molecule has 3 rings (SSSR count). The Kier molecular flexibility index (Phi) is 4.06. The van der Waals surface area contributed by atoms with Crippen LogP contribution in [0.25, 0.3) is 11.0 Å². The molecule has 2 atom stereocenters. The summed E-state index contributed by atoms with van der Waals surface area (Å²) in [6, 6.07) is 8.89. The highest BCUT2D eigenvalue weighted by molar-refractivity contribution is 5.74. The summed E-state index contributed by atoms with van der Waals surface area (Å²) in [5, 5.41) is 3.74. The topological polar surface area (TPSA) is 40.7 Å². The van der Waals surface area contributed by atoms with Crippen molar-refractivity contribution in [1.29, 1.82) is 0 Å². The monoisotopic (exact) mass is 271 g/mol. The number of rotatable bonds is 4. The molecule has 1 fully saturated rings. The normalized spacial score (nSPS) is 23.6. The Morgan fingerprint density at radius 2 is 2.05 bits per heavy atom. The molecule has 1 aliphatic rings. The fourth-order valence-electron chi connectivity index (χ4n) is 3.53. The highest BCUT2D eigenvalue weighted by Crippen LogP contribution is 2.30. The van der Waals surface area contributed by atoms with Gasteiger partial charge in [0.05, 0.1) is 17.6 Å². The van der Waals surface area contributed by atoms with E-state index in [0.717, 1.165) is 35.2 Å². The molecule has 0 aliphatic heterocycles. The van der Waals surface area contributed by atoms with Gasteiger partial charge in [-0.15, -0.1) is 0 Å².